The van der Waals surface area contributed by atoms with Gasteiger partial charge in [-0.05, 0) is 36.8 Å². The highest BCUT2D eigenvalue weighted by molar-refractivity contribution is 6.42. The van der Waals surface area contributed by atoms with Gasteiger partial charge in [0, 0.05) is 24.7 Å². The minimum absolute atomic E-state index is 0.0961. The second-order valence-corrected chi connectivity index (χ2v) is 7.66. The fraction of sp³-hybridized carbons (Fsp3) is 0.300. The van der Waals surface area contributed by atoms with Crippen LogP contribution < -0.4 is 19.7 Å². The summed E-state index contributed by atoms with van der Waals surface area (Å²) in [6, 6.07) is 10.3. The second-order valence-electron chi connectivity index (χ2n) is 6.85. The first-order valence-corrected chi connectivity index (χ1v) is 9.63. The lowest BCUT2D eigenvalue weighted by atomic mass is 10.0. The minimum atomic E-state index is -0.428. The van der Waals surface area contributed by atoms with E-state index in [0.717, 1.165) is 5.56 Å². The molecule has 8 heteroatoms. The number of nitrogens with zero attached hydrogens (tertiary/aromatic N) is 1. The number of carbonyl (C=O) groups is 2. The van der Waals surface area contributed by atoms with E-state index >= 15 is 0 Å². The van der Waals surface area contributed by atoms with E-state index in [9.17, 15) is 9.59 Å². The molecular formula is C20H18Cl2N2O4. The Bertz CT molecular complexity index is 950. The molecule has 4 rings (SSSR count). The molecule has 2 aliphatic heterocycles. The Labute approximate surface area is 172 Å². The predicted octanol–water partition coefficient (Wildman–Crippen LogP) is 3.95. The van der Waals surface area contributed by atoms with Gasteiger partial charge in [-0.1, -0.05) is 29.3 Å². The van der Waals surface area contributed by atoms with E-state index in [-0.39, 0.29) is 31.1 Å². The number of benzene rings is 2. The van der Waals surface area contributed by atoms with Crippen molar-refractivity contribution in [2.75, 3.05) is 18.2 Å². The third-order valence-corrected chi connectivity index (χ3v) is 5.71. The van der Waals surface area contributed by atoms with Crippen LogP contribution in [0, 0.1) is 5.92 Å². The summed E-state index contributed by atoms with van der Waals surface area (Å²) in [6.07, 6.45) is 0.161. The van der Waals surface area contributed by atoms with E-state index in [2.05, 4.69) is 5.32 Å². The Morgan fingerprint density at radius 1 is 1.14 bits per heavy atom. The zero-order valence-electron chi connectivity index (χ0n) is 15.1. The van der Waals surface area contributed by atoms with Crippen LogP contribution in [0.15, 0.2) is 36.4 Å². The summed E-state index contributed by atoms with van der Waals surface area (Å²) in [5.41, 5.74) is 1.54. The number of ether oxygens (including phenoxy) is 2. The molecule has 0 aromatic heterocycles. The number of nitrogens with one attached hydrogen (secondary N) is 1. The van der Waals surface area contributed by atoms with Crippen molar-refractivity contribution in [1.82, 2.24) is 5.32 Å². The lowest BCUT2D eigenvalue weighted by molar-refractivity contribution is -0.126. The van der Waals surface area contributed by atoms with E-state index in [0.29, 0.717) is 33.8 Å². The molecular weight excluding hydrogens is 403 g/mol. The maximum Gasteiger partial charge on any atom is 0.231 e. The number of carbonyl (C=O) groups excluding carboxylic acids is 2. The summed E-state index contributed by atoms with van der Waals surface area (Å²) in [5.74, 6) is 0.561. The number of halogens is 2. The zero-order valence-corrected chi connectivity index (χ0v) is 16.6. The highest BCUT2D eigenvalue weighted by Gasteiger charge is 2.36. The fourth-order valence-corrected chi connectivity index (χ4v) is 3.69. The first kappa shape index (κ1) is 18.9. The SMILES string of the molecule is C[C@H](NC(=O)[C@H]1CC(=O)N(c2ccc3c(c2)OCO3)C1)c1ccc(Cl)c(Cl)c1. The van der Waals surface area contributed by atoms with Gasteiger partial charge in [-0.2, -0.15) is 0 Å². The molecule has 0 spiro atoms. The number of amides is 2. The summed E-state index contributed by atoms with van der Waals surface area (Å²) in [6.45, 7) is 2.35. The predicted molar refractivity (Wildman–Crippen MR) is 106 cm³/mol. The highest BCUT2D eigenvalue weighted by atomic mass is 35.5. The first-order chi connectivity index (χ1) is 13.4. The van der Waals surface area contributed by atoms with E-state index in [1.54, 1.807) is 35.2 Å². The van der Waals surface area contributed by atoms with E-state index in [4.69, 9.17) is 32.7 Å². The molecule has 1 N–H and O–H groups in total. The molecule has 146 valence electrons. The Hall–Kier alpha value is -2.44. The molecule has 0 radical (unpaired) electrons. The van der Waals surface area contributed by atoms with Gasteiger partial charge in [0.05, 0.1) is 22.0 Å². The molecule has 2 aliphatic rings. The molecule has 2 heterocycles. The van der Waals surface area contributed by atoms with Crippen LogP contribution in [0.4, 0.5) is 5.69 Å². The number of fused-ring (bicyclic) bond motifs is 1. The van der Waals surface area contributed by atoms with Gasteiger partial charge < -0.3 is 19.7 Å². The van der Waals surface area contributed by atoms with Crippen LogP contribution in [0.3, 0.4) is 0 Å². The maximum absolute atomic E-state index is 12.7. The van der Waals surface area contributed by atoms with Gasteiger partial charge in [0.1, 0.15) is 0 Å². The van der Waals surface area contributed by atoms with Crippen molar-refractivity contribution < 1.29 is 19.1 Å². The standard InChI is InChI=1S/C20H18Cl2N2O4/c1-11(12-2-4-15(21)16(22)6-12)23-20(26)13-7-19(25)24(9-13)14-3-5-17-18(8-14)28-10-27-17/h2-6,8,11,13H,7,9-10H2,1H3,(H,23,26)/t11-,13-/m0/s1. The van der Waals surface area contributed by atoms with Crippen molar-refractivity contribution in [3.63, 3.8) is 0 Å². The number of hydrogen-bond acceptors (Lipinski definition) is 4. The lowest BCUT2D eigenvalue weighted by Gasteiger charge is -2.19. The molecule has 28 heavy (non-hydrogen) atoms. The molecule has 0 unspecified atom stereocenters. The Balaban J connectivity index is 1.43. The van der Waals surface area contributed by atoms with Gasteiger partial charge in [0.2, 0.25) is 18.6 Å². The van der Waals surface area contributed by atoms with Crippen LogP contribution in [-0.2, 0) is 9.59 Å². The highest BCUT2D eigenvalue weighted by Crippen LogP contribution is 2.37. The largest absolute Gasteiger partial charge is 0.454 e. The summed E-state index contributed by atoms with van der Waals surface area (Å²) < 4.78 is 10.7. The Morgan fingerprint density at radius 3 is 2.71 bits per heavy atom. The van der Waals surface area contributed by atoms with Crippen LogP contribution in [0.2, 0.25) is 10.0 Å². The number of hydrogen-bond donors (Lipinski definition) is 1. The average Bonchev–Trinajstić information content (AvgIpc) is 3.29. The van der Waals surface area contributed by atoms with Gasteiger partial charge in [-0.25, -0.2) is 0 Å². The van der Waals surface area contributed by atoms with Crippen molar-refractivity contribution >= 4 is 40.7 Å². The average molecular weight is 421 g/mol. The van der Waals surface area contributed by atoms with Crippen molar-refractivity contribution in [3.8, 4) is 11.5 Å². The van der Waals surface area contributed by atoms with E-state index in [1.807, 2.05) is 13.0 Å². The Kier molecular flexibility index (Phi) is 5.08. The molecule has 2 aromatic rings. The molecule has 6 nitrogen and oxygen atoms in total. The van der Waals surface area contributed by atoms with Crippen LogP contribution in [0.5, 0.6) is 11.5 Å². The van der Waals surface area contributed by atoms with E-state index in [1.165, 1.54) is 0 Å². The van der Waals surface area contributed by atoms with Gasteiger partial charge in [-0.15, -0.1) is 0 Å². The molecule has 0 aliphatic carbocycles. The Morgan fingerprint density at radius 2 is 1.93 bits per heavy atom. The molecule has 2 amide bonds. The van der Waals surface area contributed by atoms with Gasteiger partial charge in [0.15, 0.2) is 11.5 Å². The third-order valence-electron chi connectivity index (χ3n) is 4.97. The minimum Gasteiger partial charge on any atom is -0.454 e. The summed E-state index contributed by atoms with van der Waals surface area (Å²) in [7, 11) is 0. The molecule has 0 saturated carbocycles. The molecule has 1 saturated heterocycles. The maximum atomic E-state index is 12.7. The lowest BCUT2D eigenvalue weighted by Crippen LogP contribution is -2.34. The molecule has 1 fully saturated rings. The summed E-state index contributed by atoms with van der Waals surface area (Å²) >= 11 is 12.0. The summed E-state index contributed by atoms with van der Waals surface area (Å²) in [5, 5.41) is 3.85. The van der Waals surface area contributed by atoms with Crippen LogP contribution in [0.1, 0.15) is 24.9 Å². The number of anilines is 1. The molecule has 2 atom stereocenters. The van der Waals surface area contributed by atoms with Crippen LogP contribution in [-0.4, -0.2) is 25.2 Å². The van der Waals surface area contributed by atoms with Gasteiger partial charge in [0.25, 0.3) is 0 Å². The van der Waals surface area contributed by atoms with Crippen molar-refractivity contribution in [2.45, 2.75) is 19.4 Å². The third kappa shape index (κ3) is 3.62. The fourth-order valence-electron chi connectivity index (χ4n) is 3.38. The normalized spacial score (nSPS) is 19.0. The molecule has 0 bridgehead atoms. The van der Waals surface area contributed by atoms with Crippen LogP contribution >= 0.6 is 23.2 Å². The van der Waals surface area contributed by atoms with Crippen molar-refractivity contribution in [3.05, 3.63) is 52.0 Å². The smallest absolute Gasteiger partial charge is 0.231 e. The van der Waals surface area contributed by atoms with Crippen LogP contribution in [0.25, 0.3) is 0 Å². The molecule has 2 aromatic carbocycles. The van der Waals surface area contributed by atoms with Crippen molar-refractivity contribution in [1.29, 1.82) is 0 Å². The van der Waals surface area contributed by atoms with Crippen molar-refractivity contribution in [2.24, 2.45) is 5.92 Å². The van der Waals surface area contributed by atoms with Gasteiger partial charge in [-0.3, -0.25) is 9.59 Å². The van der Waals surface area contributed by atoms with Gasteiger partial charge >= 0.3 is 0 Å². The quantitative estimate of drug-likeness (QED) is 0.812. The topological polar surface area (TPSA) is 67.9 Å². The second kappa shape index (κ2) is 7.53. The van der Waals surface area contributed by atoms with E-state index < -0.39 is 5.92 Å². The summed E-state index contributed by atoms with van der Waals surface area (Å²) in [4.78, 5) is 26.8. The zero-order chi connectivity index (χ0) is 19.8. The monoisotopic (exact) mass is 420 g/mol. The number of rotatable bonds is 4. The first-order valence-electron chi connectivity index (χ1n) is 8.87.